The molecule has 0 aromatic carbocycles. The highest BCUT2D eigenvalue weighted by Crippen LogP contribution is 2.34. The second-order valence-electron chi connectivity index (χ2n) is 8.97. The molecule has 0 aliphatic carbocycles. The topological polar surface area (TPSA) is 171 Å². The zero-order chi connectivity index (χ0) is 29.7. The van der Waals surface area contributed by atoms with E-state index in [4.69, 9.17) is 9.47 Å². The number of esters is 2. The van der Waals surface area contributed by atoms with Crippen LogP contribution in [0.5, 0.6) is 0 Å². The van der Waals surface area contributed by atoms with Crippen molar-refractivity contribution in [3.63, 3.8) is 0 Å². The number of carbonyl (C=O) groups is 4. The third-order valence-corrected chi connectivity index (χ3v) is 7.62. The molecule has 11 nitrogen and oxygen atoms in total. The largest absolute Gasteiger partial charge is 0.459 e. The summed E-state index contributed by atoms with van der Waals surface area (Å²) in [5, 5.41) is 24.6. The van der Waals surface area contributed by atoms with E-state index >= 15 is 0 Å². The molecule has 3 rings (SSSR count). The van der Waals surface area contributed by atoms with Crippen LogP contribution in [0, 0.1) is 36.5 Å². The van der Waals surface area contributed by atoms with Gasteiger partial charge in [0.1, 0.15) is 43.3 Å². The van der Waals surface area contributed by atoms with E-state index < -0.39 is 23.8 Å². The molecular weight excluding hydrogens is 554 g/mol. The monoisotopic (exact) mass is 579 g/mol. The predicted molar refractivity (Wildman–Crippen MR) is 149 cm³/mol. The number of hydrogen-bond acceptors (Lipinski definition) is 11. The maximum Gasteiger partial charge on any atom is 0.348 e. The number of aromatic nitrogens is 1. The minimum atomic E-state index is -0.709. The second-order valence-corrected chi connectivity index (χ2v) is 11.0. The summed E-state index contributed by atoms with van der Waals surface area (Å²) in [6.45, 7) is 9.96. The molecule has 3 aromatic heterocycles. The lowest BCUT2D eigenvalue weighted by molar-refractivity contribution is 0.0372. The summed E-state index contributed by atoms with van der Waals surface area (Å²) < 4.78 is 10.4. The molecule has 2 N–H and O–H groups in total. The fourth-order valence-electron chi connectivity index (χ4n) is 3.42. The number of rotatable bonds is 8. The molecule has 0 atom stereocenters. The van der Waals surface area contributed by atoms with Gasteiger partial charge in [-0.25, -0.2) is 14.6 Å². The van der Waals surface area contributed by atoms with Crippen LogP contribution < -0.4 is 10.6 Å². The van der Waals surface area contributed by atoms with Crippen molar-refractivity contribution in [2.75, 3.05) is 10.6 Å². The second kappa shape index (κ2) is 12.5. The third kappa shape index (κ3) is 6.51. The molecule has 2 amide bonds. The zero-order valence-corrected chi connectivity index (χ0v) is 24.1. The van der Waals surface area contributed by atoms with Crippen LogP contribution in [-0.4, -0.2) is 40.9 Å². The SMILES string of the molecule is Cc1c(C(=O)OC(C)C)sc(NC(=O)c2cccc(C(=O)Nc3sc(C(=O)OC(C)C)c(C)c3C#N)n2)c1C#N. The normalized spacial score (nSPS) is 10.6. The zero-order valence-electron chi connectivity index (χ0n) is 22.5. The standard InChI is InChI=1S/C27H25N5O6S2/c1-12(2)37-26(35)20-14(5)16(10-28)24(39-20)31-22(33)18-8-7-9-19(30-18)23(34)32-25-17(11-29)15(6)21(40-25)27(36)38-13(3)4/h7-9,12-13H,1-6H3,(H,31,33)(H,32,34). The Hall–Kier alpha value is -4.59. The van der Waals surface area contributed by atoms with Crippen molar-refractivity contribution in [1.29, 1.82) is 10.5 Å². The summed E-state index contributed by atoms with van der Waals surface area (Å²) in [4.78, 5) is 55.3. The van der Waals surface area contributed by atoms with Gasteiger partial charge in [0.15, 0.2) is 0 Å². The minimum absolute atomic E-state index is 0.117. The first-order chi connectivity index (χ1) is 18.9. The summed E-state index contributed by atoms with van der Waals surface area (Å²) in [5.74, 6) is -2.63. The highest BCUT2D eigenvalue weighted by atomic mass is 32.1. The van der Waals surface area contributed by atoms with Gasteiger partial charge < -0.3 is 20.1 Å². The van der Waals surface area contributed by atoms with Crippen molar-refractivity contribution >= 4 is 56.4 Å². The molecule has 0 bridgehead atoms. The van der Waals surface area contributed by atoms with Gasteiger partial charge in [-0.15, -0.1) is 22.7 Å². The average Bonchev–Trinajstić information content (AvgIpc) is 3.38. The van der Waals surface area contributed by atoms with Crippen molar-refractivity contribution in [3.8, 4) is 12.1 Å². The quantitative estimate of drug-likeness (QED) is 0.340. The van der Waals surface area contributed by atoms with Crippen molar-refractivity contribution in [2.45, 2.75) is 53.8 Å². The van der Waals surface area contributed by atoms with E-state index in [0.29, 0.717) is 11.1 Å². The van der Waals surface area contributed by atoms with Crippen LogP contribution >= 0.6 is 22.7 Å². The van der Waals surface area contributed by atoms with Crippen LogP contribution in [-0.2, 0) is 9.47 Å². The van der Waals surface area contributed by atoms with Gasteiger partial charge in [0.05, 0.1) is 23.3 Å². The molecule has 206 valence electrons. The maximum atomic E-state index is 13.0. The number of pyridine rings is 1. The molecular formula is C27H25N5O6S2. The van der Waals surface area contributed by atoms with Crippen LogP contribution in [0.15, 0.2) is 18.2 Å². The van der Waals surface area contributed by atoms with Gasteiger partial charge in [-0.3, -0.25) is 9.59 Å². The van der Waals surface area contributed by atoms with Gasteiger partial charge in [-0.1, -0.05) is 6.07 Å². The lowest BCUT2D eigenvalue weighted by Crippen LogP contribution is -2.18. The number of anilines is 2. The number of nitriles is 2. The minimum Gasteiger partial charge on any atom is -0.459 e. The van der Waals surface area contributed by atoms with Crippen LogP contribution in [0.2, 0.25) is 0 Å². The highest BCUT2D eigenvalue weighted by molar-refractivity contribution is 7.19. The summed E-state index contributed by atoms with van der Waals surface area (Å²) in [7, 11) is 0. The Morgan fingerprint density at radius 1 is 0.775 bits per heavy atom. The Morgan fingerprint density at radius 3 is 1.48 bits per heavy atom. The van der Waals surface area contributed by atoms with E-state index in [1.807, 2.05) is 12.1 Å². The van der Waals surface area contributed by atoms with Gasteiger partial charge in [0.2, 0.25) is 0 Å². The van der Waals surface area contributed by atoms with E-state index in [-0.39, 0.29) is 54.5 Å². The van der Waals surface area contributed by atoms with Gasteiger partial charge >= 0.3 is 11.9 Å². The van der Waals surface area contributed by atoms with E-state index in [1.165, 1.54) is 18.2 Å². The highest BCUT2D eigenvalue weighted by Gasteiger charge is 2.25. The van der Waals surface area contributed by atoms with Crippen LogP contribution in [0.1, 0.15) is 90.3 Å². The molecule has 3 heterocycles. The van der Waals surface area contributed by atoms with E-state index in [1.54, 1.807) is 41.5 Å². The molecule has 0 aliphatic rings. The lowest BCUT2D eigenvalue weighted by Gasteiger charge is -2.07. The van der Waals surface area contributed by atoms with Crippen molar-refractivity contribution in [1.82, 2.24) is 4.98 Å². The van der Waals surface area contributed by atoms with Gasteiger partial charge in [-0.2, -0.15) is 10.5 Å². The molecule has 3 aromatic rings. The first kappa shape index (κ1) is 30.0. The Labute approximate surface area is 238 Å². The molecule has 0 aliphatic heterocycles. The first-order valence-corrected chi connectivity index (χ1v) is 13.6. The number of thiophene rings is 2. The van der Waals surface area contributed by atoms with E-state index in [9.17, 15) is 29.7 Å². The smallest absolute Gasteiger partial charge is 0.348 e. The summed E-state index contributed by atoms with van der Waals surface area (Å²) in [6, 6.07) is 8.18. The Bertz CT molecular complexity index is 1480. The van der Waals surface area contributed by atoms with Crippen LogP contribution in [0.3, 0.4) is 0 Å². The predicted octanol–water partition coefficient (Wildman–Crippen LogP) is 5.20. The average molecular weight is 580 g/mol. The first-order valence-electron chi connectivity index (χ1n) is 12.0. The van der Waals surface area contributed by atoms with Gasteiger partial charge in [-0.05, 0) is 64.8 Å². The number of carbonyl (C=O) groups excluding carboxylic acids is 4. The Balaban J connectivity index is 1.84. The molecule has 13 heteroatoms. The summed E-state index contributed by atoms with van der Waals surface area (Å²) >= 11 is 1.81. The number of ether oxygens (including phenoxy) is 2. The van der Waals surface area contributed by atoms with Crippen molar-refractivity contribution in [2.24, 2.45) is 0 Å². The fraction of sp³-hybridized carbons (Fsp3) is 0.296. The third-order valence-electron chi connectivity index (χ3n) is 5.24. The fourth-order valence-corrected chi connectivity index (χ4v) is 5.49. The number of amides is 2. The van der Waals surface area contributed by atoms with Crippen molar-refractivity contribution in [3.05, 3.63) is 61.6 Å². The Kier molecular flexibility index (Phi) is 9.37. The molecule has 40 heavy (non-hydrogen) atoms. The molecule has 0 spiro atoms. The number of hydrogen-bond donors (Lipinski definition) is 2. The van der Waals surface area contributed by atoms with Gasteiger partial charge in [0, 0.05) is 0 Å². The number of nitrogens with one attached hydrogen (secondary N) is 2. The molecule has 0 fully saturated rings. The van der Waals surface area contributed by atoms with E-state index in [0.717, 1.165) is 22.7 Å². The van der Waals surface area contributed by atoms with Crippen molar-refractivity contribution < 1.29 is 28.7 Å². The van der Waals surface area contributed by atoms with Crippen LogP contribution in [0.25, 0.3) is 0 Å². The number of nitrogens with zero attached hydrogens (tertiary/aromatic N) is 3. The van der Waals surface area contributed by atoms with E-state index in [2.05, 4.69) is 15.6 Å². The summed E-state index contributed by atoms with van der Waals surface area (Å²) in [5.41, 5.74) is 0.742. The molecule has 0 saturated heterocycles. The molecule has 0 saturated carbocycles. The molecule has 0 radical (unpaired) electrons. The molecule has 0 unspecified atom stereocenters. The maximum absolute atomic E-state index is 13.0. The lowest BCUT2D eigenvalue weighted by atomic mass is 10.1. The van der Waals surface area contributed by atoms with Crippen LogP contribution in [0.4, 0.5) is 10.0 Å². The summed E-state index contributed by atoms with van der Waals surface area (Å²) in [6.07, 6.45) is -0.725. The Morgan fingerprint density at radius 2 is 1.15 bits per heavy atom. The van der Waals surface area contributed by atoms with Gasteiger partial charge in [0.25, 0.3) is 11.8 Å².